The molecule has 4 aromatic heterocycles. The fraction of sp³-hybridized carbons (Fsp3) is 0. The van der Waals surface area contributed by atoms with Gasteiger partial charge in [0.1, 0.15) is 11.2 Å². The topological polar surface area (TPSA) is 61.7 Å². The Kier molecular flexibility index (Phi) is 7.80. The molecule has 4 heterocycles. The van der Waals surface area contributed by atoms with Gasteiger partial charge in [-0.1, -0.05) is 146 Å². The molecule has 0 aliphatic heterocycles. The van der Waals surface area contributed by atoms with Crippen molar-refractivity contribution in [3.05, 3.63) is 212 Å². The summed E-state index contributed by atoms with van der Waals surface area (Å²) in [4.78, 5) is 15.4. The third-order valence-corrected chi connectivity index (χ3v) is 12.4. The zero-order chi connectivity index (χ0) is 41.4. The molecule has 0 atom stereocenters. The Morgan fingerprint density at radius 3 is 1.43 bits per heavy atom. The van der Waals surface area contributed by atoms with E-state index in [1.54, 1.807) is 0 Å². The van der Waals surface area contributed by atoms with E-state index < -0.39 is 0 Å². The van der Waals surface area contributed by atoms with E-state index in [1.807, 2.05) is 30.3 Å². The highest BCUT2D eigenvalue weighted by Crippen LogP contribution is 2.41. The Morgan fingerprint density at radius 2 is 0.762 bits per heavy atom. The standard InChI is InChI=1S/C57H35N5O/c1-4-15-36(16-5-1)55-58-56(38-28-30-45-43-21-10-12-25-49(43)61(51(45)33-38)40-17-6-2-7-18-40)60-57(59-55)39-29-32-47-46-31-27-37(34-52(46)63-53(47)35-39)42-23-14-24-48-44-22-11-13-26-50(44)62(54(42)48)41-19-8-3-9-20-41/h1-35H. The van der Waals surface area contributed by atoms with Gasteiger partial charge in [-0.3, -0.25) is 0 Å². The zero-order valence-corrected chi connectivity index (χ0v) is 33.9. The summed E-state index contributed by atoms with van der Waals surface area (Å²) in [5, 5.41) is 6.90. The van der Waals surface area contributed by atoms with Crippen molar-refractivity contribution in [1.82, 2.24) is 24.1 Å². The van der Waals surface area contributed by atoms with Crippen LogP contribution in [0.1, 0.15) is 0 Å². The van der Waals surface area contributed by atoms with Gasteiger partial charge < -0.3 is 13.6 Å². The van der Waals surface area contributed by atoms with Crippen LogP contribution >= 0.6 is 0 Å². The lowest BCUT2D eigenvalue weighted by Crippen LogP contribution is -2.00. The summed E-state index contributed by atoms with van der Waals surface area (Å²) in [7, 11) is 0. The van der Waals surface area contributed by atoms with Crippen molar-refractivity contribution in [2.24, 2.45) is 0 Å². The van der Waals surface area contributed by atoms with Gasteiger partial charge in [-0.2, -0.15) is 0 Å². The minimum Gasteiger partial charge on any atom is -0.456 e. The molecule has 0 unspecified atom stereocenters. The van der Waals surface area contributed by atoms with E-state index in [-0.39, 0.29) is 0 Å². The van der Waals surface area contributed by atoms with Crippen molar-refractivity contribution in [2.45, 2.75) is 0 Å². The summed E-state index contributed by atoms with van der Waals surface area (Å²) >= 11 is 0. The minimum atomic E-state index is 0.575. The van der Waals surface area contributed by atoms with Crippen LogP contribution in [0.2, 0.25) is 0 Å². The molecule has 0 N–H and O–H groups in total. The molecule has 0 bridgehead atoms. The van der Waals surface area contributed by atoms with Gasteiger partial charge in [0.2, 0.25) is 0 Å². The second-order valence-electron chi connectivity index (χ2n) is 16.0. The van der Waals surface area contributed by atoms with Crippen LogP contribution < -0.4 is 0 Å². The van der Waals surface area contributed by atoms with Gasteiger partial charge in [0.25, 0.3) is 0 Å². The van der Waals surface area contributed by atoms with Crippen LogP contribution in [0, 0.1) is 0 Å². The summed E-state index contributed by atoms with van der Waals surface area (Å²) in [5.74, 6) is 1.78. The van der Waals surface area contributed by atoms with Crippen LogP contribution in [0.3, 0.4) is 0 Å². The molecule has 6 heteroatoms. The molecular formula is C57H35N5O. The summed E-state index contributed by atoms with van der Waals surface area (Å²) in [6, 6.07) is 74.4. The van der Waals surface area contributed by atoms with Gasteiger partial charge in [0.05, 0.1) is 22.1 Å². The maximum atomic E-state index is 6.74. The predicted molar refractivity (Wildman–Crippen MR) is 258 cm³/mol. The Hall–Kier alpha value is -8.61. The first-order chi connectivity index (χ1) is 31.2. The molecule has 0 saturated carbocycles. The van der Waals surface area contributed by atoms with Crippen molar-refractivity contribution in [2.75, 3.05) is 0 Å². The van der Waals surface area contributed by atoms with Crippen molar-refractivity contribution >= 4 is 65.6 Å². The van der Waals surface area contributed by atoms with E-state index >= 15 is 0 Å². The van der Waals surface area contributed by atoms with Crippen LogP contribution in [0.4, 0.5) is 0 Å². The number of aromatic nitrogens is 5. The number of nitrogens with zero attached hydrogens (tertiary/aromatic N) is 5. The van der Waals surface area contributed by atoms with Gasteiger partial charge in [0, 0.05) is 65.9 Å². The second-order valence-corrected chi connectivity index (χ2v) is 16.0. The molecule has 9 aromatic carbocycles. The molecule has 63 heavy (non-hydrogen) atoms. The highest BCUT2D eigenvalue weighted by Gasteiger charge is 2.20. The van der Waals surface area contributed by atoms with E-state index in [0.717, 1.165) is 72.2 Å². The number of hydrogen-bond donors (Lipinski definition) is 0. The fourth-order valence-corrected chi connectivity index (χ4v) is 9.50. The van der Waals surface area contributed by atoms with Crippen molar-refractivity contribution in [3.8, 4) is 56.7 Å². The molecule has 0 fully saturated rings. The monoisotopic (exact) mass is 805 g/mol. The average Bonchev–Trinajstić information content (AvgIpc) is 4.01. The Labute approximate surface area is 361 Å². The van der Waals surface area contributed by atoms with Gasteiger partial charge in [0.15, 0.2) is 17.5 Å². The largest absolute Gasteiger partial charge is 0.456 e. The lowest BCUT2D eigenvalue weighted by Gasteiger charge is -2.11. The molecule has 6 nitrogen and oxygen atoms in total. The number of fused-ring (bicyclic) bond motifs is 9. The lowest BCUT2D eigenvalue weighted by atomic mass is 10.00. The molecule has 0 spiro atoms. The molecule has 0 saturated heterocycles. The van der Waals surface area contributed by atoms with E-state index in [9.17, 15) is 0 Å². The Bertz CT molecular complexity index is 3900. The number of furan rings is 1. The smallest absolute Gasteiger partial charge is 0.164 e. The van der Waals surface area contributed by atoms with Crippen molar-refractivity contribution in [1.29, 1.82) is 0 Å². The SMILES string of the molecule is c1ccc(-c2nc(-c3ccc4c(c3)oc3cc(-c5cccc6c7ccccc7n(-c7ccccc7)c56)ccc34)nc(-c3ccc4c5ccccc5n(-c5ccccc5)c4c3)n2)cc1. The quantitative estimate of drug-likeness (QED) is 0.168. The average molecular weight is 806 g/mol. The molecule has 13 rings (SSSR count). The highest BCUT2D eigenvalue weighted by atomic mass is 16.3. The highest BCUT2D eigenvalue weighted by molar-refractivity contribution is 6.15. The van der Waals surface area contributed by atoms with Crippen LogP contribution in [-0.4, -0.2) is 24.1 Å². The number of para-hydroxylation sites is 5. The van der Waals surface area contributed by atoms with Crippen molar-refractivity contribution in [3.63, 3.8) is 0 Å². The summed E-state index contributed by atoms with van der Waals surface area (Å²) in [6.45, 7) is 0. The molecule has 0 aliphatic carbocycles. The first-order valence-corrected chi connectivity index (χ1v) is 21.2. The molecule has 294 valence electrons. The van der Waals surface area contributed by atoms with E-state index in [0.29, 0.717) is 17.5 Å². The summed E-state index contributed by atoms with van der Waals surface area (Å²) in [6.07, 6.45) is 0. The Morgan fingerprint density at radius 1 is 0.302 bits per heavy atom. The molecule has 0 aliphatic rings. The van der Waals surface area contributed by atoms with Crippen LogP contribution in [0.15, 0.2) is 217 Å². The van der Waals surface area contributed by atoms with Crippen LogP contribution in [0.5, 0.6) is 0 Å². The number of hydrogen-bond acceptors (Lipinski definition) is 4. The first-order valence-electron chi connectivity index (χ1n) is 21.2. The summed E-state index contributed by atoms with van der Waals surface area (Å²) in [5.41, 5.74) is 13.3. The van der Waals surface area contributed by atoms with Crippen LogP contribution in [0.25, 0.3) is 122 Å². The lowest BCUT2D eigenvalue weighted by molar-refractivity contribution is 0.669. The zero-order valence-electron chi connectivity index (χ0n) is 33.9. The van der Waals surface area contributed by atoms with Crippen LogP contribution in [-0.2, 0) is 0 Å². The second kappa shape index (κ2) is 14.0. The first kappa shape index (κ1) is 35.2. The minimum absolute atomic E-state index is 0.575. The maximum Gasteiger partial charge on any atom is 0.164 e. The fourth-order valence-electron chi connectivity index (χ4n) is 9.50. The van der Waals surface area contributed by atoms with Gasteiger partial charge >= 0.3 is 0 Å². The van der Waals surface area contributed by atoms with Gasteiger partial charge in [-0.25, -0.2) is 15.0 Å². The molecule has 0 radical (unpaired) electrons. The number of benzene rings is 9. The van der Waals surface area contributed by atoms with Gasteiger partial charge in [-0.05, 0) is 72.3 Å². The normalized spacial score (nSPS) is 11.8. The molecule has 0 amide bonds. The van der Waals surface area contributed by atoms with Crippen molar-refractivity contribution < 1.29 is 4.42 Å². The van der Waals surface area contributed by atoms with E-state index in [4.69, 9.17) is 19.4 Å². The molecule has 13 aromatic rings. The van der Waals surface area contributed by atoms with E-state index in [1.165, 1.54) is 32.6 Å². The van der Waals surface area contributed by atoms with Gasteiger partial charge in [-0.15, -0.1) is 0 Å². The third-order valence-electron chi connectivity index (χ3n) is 12.4. The third kappa shape index (κ3) is 5.62. The number of rotatable bonds is 6. The summed E-state index contributed by atoms with van der Waals surface area (Å²) < 4.78 is 11.4. The maximum absolute atomic E-state index is 6.74. The molecular weight excluding hydrogens is 771 g/mol. The Balaban J connectivity index is 0.953. The predicted octanol–water partition coefficient (Wildman–Crippen LogP) is 14.6. The van der Waals surface area contributed by atoms with E-state index in [2.05, 4.69) is 191 Å².